The van der Waals surface area contributed by atoms with Gasteiger partial charge < -0.3 is 50.9 Å². The van der Waals surface area contributed by atoms with Gasteiger partial charge in [-0.15, -0.1) is 0 Å². The Morgan fingerprint density at radius 2 is 0.500 bits per heavy atom. The van der Waals surface area contributed by atoms with E-state index in [1.807, 2.05) is 0 Å². The fourth-order valence-corrected chi connectivity index (χ4v) is 0. The molecule has 0 aromatic carbocycles. The molecule has 0 rings (SSSR count). The van der Waals surface area contributed by atoms with Gasteiger partial charge in [0.25, 0.3) is 0 Å². The van der Waals surface area contributed by atoms with Crippen LogP contribution in [0.3, 0.4) is 0 Å². The predicted octanol–water partition coefficient (Wildman–Crippen LogP) is -8.99. The van der Waals surface area contributed by atoms with Gasteiger partial charge in [0.2, 0.25) is 0 Å². The van der Waals surface area contributed by atoms with Crippen LogP contribution in [0.4, 0.5) is 0 Å². The van der Waals surface area contributed by atoms with Crippen LogP contribution in [0, 0.1) is 0 Å². The van der Waals surface area contributed by atoms with Crippen molar-refractivity contribution in [1.29, 1.82) is 0 Å². The van der Waals surface area contributed by atoms with Gasteiger partial charge in [-0.05, 0) is 0 Å². The molecule has 0 aliphatic carbocycles. The molecule has 4 heteroatoms. The summed E-state index contributed by atoms with van der Waals surface area (Å²) < 4.78 is 0. The van der Waals surface area contributed by atoms with E-state index in [2.05, 4.69) is 0 Å². The molecule has 32 valence electrons. The van der Waals surface area contributed by atoms with Crippen LogP contribution < -0.4 is 50.9 Å². The van der Waals surface area contributed by atoms with Gasteiger partial charge >= 0.3 is 0 Å². The molecule has 0 aliphatic rings. The maximum atomic E-state index is 0. The topological polar surface area (TPSA) is 0 Å². The maximum absolute atomic E-state index is 0. The Morgan fingerprint density at radius 3 is 0.500 bits per heavy atom. The first-order valence-electron chi connectivity index (χ1n) is 0. The smallest absolute Gasteiger partial charge is 0 e. The van der Waals surface area contributed by atoms with Gasteiger partial charge in [0.1, 0.15) is 0 Å². The average Bonchev–Trinajstić information content (AvgIpc) is 0. The minimum atomic E-state index is 0. The van der Waals surface area contributed by atoms with E-state index < -0.39 is 0 Å². The molecule has 0 nitrogen and oxygen atoms in total. The van der Waals surface area contributed by atoms with Gasteiger partial charge in [0, 0.05) is 19.8 Å². The van der Waals surface area contributed by atoms with Gasteiger partial charge in [0.05, 0.1) is 0 Å². The Hall–Kier alpha value is 2.08. The van der Waals surface area contributed by atoms with Crippen LogP contribution in [0.2, 0.25) is 0 Å². The average molecular weight is 430 g/mol. The van der Waals surface area contributed by atoms with Gasteiger partial charge in [-0.25, -0.2) is 0 Å². The molecule has 0 bridgehead atoms. The van der Waals surface area contributed by atoms with E-state index in [4.69, 9.17) is 0 Å². The third-order valence-electron chi connectivity index (χ3n) is 0. The van der Waals surface area contributed by atoms with E-state index in [0.29, 0.717) is 0 Å². The molecule has 0 atom stereocenters. The van der Waals surface area contributed by atoms with Crippen LogP contribution in [0.1, 0.15) is 0 Å². The first-order chi connectivity index (χ1) is 0. The molecular formula is Br3Os-3. The summed E-state index contributed by atoms with van der Waals surface area (Å²) in [5.41, 5.74) is 0. The van der Waals surface area contributed by atoms with Crippen molar-refractivity contribution < 1.29 is 70.7 Å². The molecule has 0 fully saturated rings. The zero-order valence-corrected chi connectivity index (χ0v) is 8.79. The molecule has 0 radical (unpaired) electrons. The monoisotopic (exact) mass is 429 g/mol. The fraction of sp³-hybridized carbons (Fsp3) is 0. The fourth-order valence-electron chi connectivity index (χ4n) is 0. The first kappa shape index (κ1) is 36.3. The van der Waals surface area contributed by atoms with Crippen molar-refractivity contribution in [1.82, 2.24) is 0 Å². The molecule has 0 spiro atoms. The van der Waals surface area contributed by atoms with Crippen molar-refractivity contribution in [3.8, 4) is 0 Å². The van der Waals surface area contributed by atoms with Gasteiger partial charge in [0.15, 0.2) is 0 Å². The van der Waals surface area contributed by atoms with Crippen molar-refractivity contribution in [2.45, 2.75) is 0 Å². The Balaban J connectivity index is 0. The Kier molecular flexibility index (Phi) is 178. The second-order valence-electron chi connectivity index (χ2n) is 0. The molecule has 0 saturated heterocycles. The maximum Gasteiger partial charge on any atom is 0 e. The van der Waals surface area contributed by atoms with E-state index in [9.17, 15) is 0 Å². The summed E-state index contributed by atoms with van der Waals surface area (Å²) in [6.07, 6.45) is 0. The number of hydrogen-bond acceptors (Lipinski definition) is 0. The van der Waals surface area contributed by atoms with E-state index >= 15 is 0 Å². The summed E-state index contributed by atoms with van der Waals surface area (Å²) >= 11 is 0. The van der Waals surface area contributed by atoms with Crippen LogP contribution in [-0.4, -0.2) is 0 Å². The summed E-state index contributed by atoms with van der Waals surface area (Å²) in [4.78, 5) is 0. The molecule has 0 unspecified atom stereocenters. The summed E-state index contributed by atoms with van der Waals surface area (Å²) in [6, 6.07) is 0. The zero-order chi connectivity index (χ0) is 0. The van der Waals surface area contributed by atoms with Crippen LogP contribution in [0.15, 0.2) is 0 Å². The molecule has 0 aliphatic heterocycles. The number of hydrogen-bond donors (Lipinski definition) is 0. The van der Waals surface area contributed by atoms with Crippen LogP contribution in [0.25, 0.3) is 0 Å². The third kappa shape index (κ3) is 8.95. The normalized spacial score (nSPS) is 0. The summed E-state index contributed by atoms with van der Waals surface area (Å²) in [6.45, 7) is 0. The van der Waals surface area contributed by atoms with Crippen molar-refractivity contribution in [3.63, 3.8) is 0 Å². The summed E-state index contributed by atoms with van der Waals surface area (Å²) in [5, 5.41) is 0. The van der Waals surface area contributed by atoms with E-state index in [1.165, 1.54) is 0 Å². The summed E-state index contributed by atoms with van der Waals surface area (Å²) in [5.74, 6) is 0. The van der Waals surface area contributed by atoms with Gasteiger partial charge in [-0.2, -0.15) is 0 Å². The van der Waals surface area contributed by atoms with Crippen LogP contribution in [-0.2, 0) is 19.8 Å². The first-order valence-corrected chi connectivity index (χ1v) is 0. The molecular weight excluding hydrogens is 430 g/mol. The molecule has 0 N–H and O–H groups in total. The van der Waals surface area contributed by atoms with Crippen molar-refractivity contribution in [3.05, 3.63) is 0 Å². The van der Waals surface area contributed by atoms with E-state index in [-0.39, 0.29) is 70.7 Å². The molecule has 0 aromatic rings. The zero-order valence-electron chi connectivity index (χ0n) is 1.49. The minimum absolute atomic E-state index is 0. The van der Waals surface area contributed by atoms with Crippen molar-refractivity contribution in [2.24, 2.45) is 0 Å². The molecule has 0 saturated carbocycles. The third-order valence-corrected chi connectivity index (χ3v) is 0. The van der Waals surface area contributed by atoms with E-state index in [1.54, 1.807) is 0 Å². The SMILES string of the molecule is [Br-].[Br-].[Br-].[Os]. The Labute approximate surface area is 70.1 Å². The Bertz CT molecular complexity index is 3.25. The number of halogens is 3. The standard InChI is InChI=1S/3BrH.Os/h3*1H;/p-3. The van der Waals surface area contributed by atoms with Crippen LogP contribution in [0.5, 0.6) is 0 Å². The largest absolute Gasteiger partial charge is 1.00 e. The summed E-state index contributed by atoms with van der Waals surface area (Å²) in [7, 11) is 0. The molecule has 4 heavy (non-hydrogen) atoms. The van der Waals surface area contributed by atoms with Crippen molar-refractivity contribution in [2.75, 3.05) is 0 Å². The molecule has 0 amide bonds. The van der Waals surface area contributed by atoms with Gasteiger partial charge in [-0.1, -0.05) is 0 Å². The van der Waals surface area contributed by atoms with Gasteiger partial charge in [-0.3, -0.25) is 0 Å². The number of rotatable bonds is 0. The second kappa shape index (κ2) is 19.6. The minimum Gasteiger partial charge on any atom is -1.00 e. The van der Waals surface area contributed by atoms with Crippen LogP contribution >= 0.6 is 0 Å². The molecule has 0 aromatic heterocycles. The van der Waals surface area contributed by atoms with E-state index in [0.717, 1.165) is 0 Å². The molecule has 0 heterocycles. The predicted molar refractivity (Wildman–Crippen MR) is 0 cm³/mol. The quantitative estimate of drug-likeness (QED) is 0.359. The Morgan fingerprint density at radius 1 is 0.500 bits per heavy atom. The van der Waals surface area contributed by atoms with Crippen molar-refractivity contribution >= 4 is 0 Å². The second-order valence-corrected chi connectivity index (χ2v) is 0.